The lowest BCUT2D eigenvalue weighted by molar-refractivity contribution is 0.152. The molecule has 1 aliphatic heterocycles. The van der Waals surface area contributed by atoms with E-state index in [0.717, 1.165) is 24.0 Å². The highest BCUT2D eigenvalue weighted by atomic mass is 15.3. The summed E-state index contributed by atoms with van der Waals surface area (Å²) in [5.41, 5.74) is 0. The van der Waals surface area contributed by atoms with E-state index in [1.54, 1.807) is 0 Å². The van der Waals surface area contributed by atoms with Crippen molar-refractivity contribution < 1.29 is 0 Å². The maximum absolute atomic E-state index is 2.69. The molecule has 1 heterocycles. The Labute approximate surface area is 81.9 Å². The normalized spacial score (nSPS) is 39.7. The summed E-state index contributed by atoms with van der Waals surface area (Å²) in [6.07, 6.45) is 2.88. The smallest absolute Gasteiger partial charge is 0.0286 e. The monoisotopic (exact) mass is 182 g/mol. The van der Waals surface area contributed by atoms with Crippen LogP contribution in [0.4, 0.5) is 0 Å². The fourth-order valence-corrected chi connectivity index (χ4v) is 3.37. The number of hydrogen-bond donors (Lipinski definition) is 0. The number of likely N-dealkylation sites (tertiary alicyclic amines) is 1. The first kappa shape index (κ1) is 9.47. The molecule has 2 aliphatic rings. The first-order valence-corrected chi connectivity index (χ1v) is 5.53. The summed E-state index contributed by atoms with van der Waals surface area (Å²) in [7, 11) is 4.47. The Balaban J connectivity index is 2.10. The zero-order valence-electron chi connectivity index (χ0n) is 9.33. The molecule has 1 aliphatic carbocycles. The molecule has 1 saturated carbocycles. The molecule has 0 amide bonds. The average Bonchev–Trinajstić information content (AvgIpc) is 2.58. The molecule has 2 fully saturated rings. The van der Waals surface area contributed by atoms with Crippen molar-refractivity contribution in [2.45, 2.75) is 44.8 Å². The van der Waals surface area contributed by atoms with Gasteiger partial charge in [-0.3, -0.25) is 4.90 Å². The predicted molar refractivity (Wildman–Crippen MR) is 55.8 cm³/mol. The van der Waals surface area contributed by atoms with E-state index in [1.165, 1.54) is 19.4 Å². The molecule has 0 unspecified atom stereocenters. The van der Waals surface area contributed by atoms with Crippen LogP contribution in [0.3, 0.4) is 0 Å². The van der Waals surface area contributed by atoms with Crippen LogP contribution in [0.5, 0.6) is 0 Å². The van der Waals surface area contributed by atoms with E-state index in [4.69, 9.17) is 0 Å². The highest BCUT2D eigenvalue weighted by molar-refractivity contribution is 5.04. The second kappa shape index (κ2) is 3.25. The van der Waals surface area contributed by atoms with Gasteiger partial charge in [-0.1, -0.05) is 0 Å². The standard InChI is InChI=1S/C11H22N2/c1-8(2)13-7-9-5-6-10(13)11(9)12(3)4/h8-11H,5-7H2,1-4H3/t9-,10-,11-/m1/s1. The van der Waals surface area contributed by atoms with E-state index < -0.39 is 0 Å². The number of piperidine rings is 1. The first-order chi connectivity index (χ1) is 6.11. The molecule has 76 valence electrons. The molecule has 2 rings (SSSR count). The predicted octanol–water partition coefficient (Wildman–Crippen LogP) is 1.42. The van der Waals surface area contributed by atoms with E-state index in [2.05, 4.69) is 37.7 Å². The molecule has 2 heteroatoms. The third-order valence-corrected chi connectivity index (χ3v) is 3.84. The van der Waals surface area contributed by atoms with Crippen LogP contribution in [0.2, 0.25) is 0 Å². The van der Waals surface area contributed by atoms with Crippen LogP contribution in [-0.4, -0.2) is 48.6 Å². The van der Waals surface area contributed by atoms with Gasteiger partial charge in [0.15, 0.2) is 0 Å². The fraction of sp³-hybridized carbons (Fsp3) is 1.00. The van der Waals surface area contributed by atoms with E-state index in [9.17, 15) is 0 Å². The second-order valence-corrected chi connectivity index (χ2v) is 5.15. The van der Waals surface area contributed by atoms with Gasteiger partial charge in [0.1, 0.15) is 0 Å². The lowest BCUT2D eigenvalue weighted by Crippen LogP contribution is -2.43. The molecule has 13 heavy (non-hydrogen) atoms. The summed E-state index contributed by atoms with van der Waals surface area (Å²) in [6.45, 7) is 5.99. The van der Waals surface area contributed by atoms with Gasteiger partial charge in [0.05, 0.1) is 0 Å². The van der Waals surface area contributed by atoms with Crippen molar-refractivity contribution in [3.63, 3.8) is 0 Å². The number of nitrogens with zero attached hydrogens (tertiary/aromatic N) is 2. The van der Waals surface area contributed by atoms with Crippen molar-refractivity contribution in [3.8, 4) is 0 Å². The Bertz CT molecular complexity index is 189. The Morgan fingerprint density at radius 2 is 1.92 bits per heavy atom. The molecule has 0 spiro atoms. The van der Waals surface area contributed by atoms with Gasteiger partial charge in [0.25, 0.3) is 0 Å². The largest absolute Gasteiger partial charge is 0.305 e. The quantitative estimate of drug-likeness (QED) is 0.637. The lowest BCUT2D eigenvalue weighted by atomic mass is 10.1. The van der Waals surface area contributed by atoms with Crippen molar-refractivity contribution in [3.05, 3.63) is 0 Å². The summed E-state index contributed by atoms with van der Waals surface area (Å²) < 4.78 is 0. The van der Waals surface area contributed by atoms with Crippen LogP contribution in [-0.2, 0) is 0 Å². The van der Waals surface area contributed by atoms with Crippen molar-refractivity contribution in [2.24, 2.45) is 5.92 Å². The van der Waals surface area contributed by atoms with Gasteiger partial charge in [0, 0.05) is 24.7 Å². The molecular weight excluding hydrogens is 160 g/mol. The van der Waals surface area contributed by atoms with Crippen molar-refractivity contribution >= 4 is 0 Å². The Kier molecular flexibility index (Phi) is 2.37. The third-order valence-electron chi connectivity index (χ3n) is 3.84. The Morgan fingerprint density at radius 3 is 2.31 bits per heavy atom. The molecule has 0 radical (unpaired) electrons. The molecule has 0 aromatic heterocycles. The van der Waals surface area contributed by atoms with Crippen molar-refractivity contribution in [2.75, 3.05) is 20.6 Å². The van der Waals surface area contributed by atoms with Crippen LogP contribution in [0.15, 0.2) is 0 Å². The summed E-state index contributed by atoms with van der Waals surface area (Å²) in [6, 6.07) is 2.42. The van der Waals surface area contributed by atoms with Gasteiger partial charge < -0.3 is 4.90 Å². The maximum Gasteiger partial charge on any atom is 0.0286 e. The highest BCUT2D eigenvalue weighted by Crippen LogP contribution is 2.40. The van der Waals surface area contributed by atoms with Gasteiger partial charge in [-0.05, 0) is 46.7 Å². The Morgan fingerprint density at radius 1 is 1.23 bits per heavy atom. The van der Waals surface area contributed by atoms with Gasteiger partial charge in [-0.2, -0.15) is 0 Å². The minimum atomic E-state index is 0.734. The SMILES string of the molecule is CC(C)N1C[C@H]2CC[C@@H]1[C@@H]2N(C)C. The number of rotatable bonds is 2. The number of likely N-dealkylation sites (N-methyl/N-ethyl adjacent to an activating group) is 1. The van der Waals surface area contributed by atoms with Crippen molar-refractivity contribution in [1.29, 1.82) is 0 Å². The van der Waals surface area contributed by atoms with Gasteiger partial charge in [0.2, 0.25) is 0 Å². The summed E-state index contributed by atoms with van der Waals surface area (Å²) in [4.78, 5) is 5.13. The number of fused-ring (bicyclic) bond motifs is 2. The van der Waals surface area contributed by atoms with Crippen LogP contribution in [0.25, 0.3) is 0 Å². The maximum atomic E-state index is 2.69. The first-order valence-electron chi connectivity index (χ1n) is 5.53. The topological polar surface area (TPSA) is 6.48 Å². The van der Waals surface area contributed by atoms with E-state index in [1.807, 2.05) is 0 Å². The molecule has 1 saturated heterocycles. The van der Waals surface area contributed by atoms with Gasteiger partial charge in [-0.15, -0.1) is 0 Å². The summed E-state index contributed by atoms with van der Waals surface area (Å²) >= 11 is 0. The summed E-state index contributed by atoms with van der Waals surface area (Å²) in [5.74, 6) is 0.947. The highest BCUT2D eigenvalue weighted by Gasteiger charge is 2.48. The van der Waals surface area contributed by atoms with Crippen LogP contribution in [0, 0.1) is 5.92 Å². The molecule has 0 aromatic carbocycles. The van der Waals surface area contributed by atoms with E-state index >= 15 is 0 Å². The van der Waals surface area contributed by atoms with Gasteiger partial charge >= 0.3 is 0 Å². The fourth-order valence-electron chi connectivity index (χ4n) is 3.37. The minimum Gasteiger partial charge on any atom is -0.305 e. The summed E-state index contributed by atoms with van der Waals surface area (Å²) in [5, 5.41) is 0. The van der Waals surface area contributed by atoms with Crippen LogP contribution in [0.1, 0.15) is 26.7 Å². The molecule has 3 atom stereocenters. The minimum absolute atomic E-state index is 0.734. The molecular formula is C11H22N2. The van der Waals surface area contributed by atoms with Gasteiger partial charge in [-0.25, -0.2) is 0 Å². The zero-order valence-corrected chi connectivity index (χ0v) is 9.33. The molecule has 0 N–H and O–H groups in total. The molecule has 2 nitrogen and oxygen atoms in total. The van der Waals surface area contributed by atoms with Crippen LogP contribution < -0.4 is 0 Å². The molecule has 0 aromatic rings. The van der Waals surface area contributed by atoms with Crippen LogP contribution >= 0.6 is 0 Å². The number of hydrogen-bond acceptors (Lipinski definition) is 2. The van der Waals surface area contributed by atoms with E-state index in [0.29, 0.717) is 0 Å². The van der Waals surface area contributed by atoms with Crippen molar-refractivity contribution in [1.82, 2.24) is 9.80 Å². The average molecular weight is 182 g/mol. The second-order valence-electron chi connectivity index (χ2n) is 5.15. The Hall–Kier alpha value is -0.0800. The van der Waals surface area contributed by atoms with E-state index in [-0.39, 0.29) is 0 Å². The lowest BCUT2D eigenvalue weighted by Gasteiger charge is -2.32. The third kappa shape index (κ3) is 1.40. The molecule has 2 bridgehead atoms. The zero-order chi connectivity index (χ0) is 9.59.